The lowest BCUT2D eigenvalue weighted by atomic mass is 10.2. The number of carbonyl (C=O) groups is 1. The molecule has 23 heavy (non-hydrogen) atoms. The van der Waals surface area contributed by atoms with Crippen molar-refractivity contribution in [3.63, 3.8) is 0 Å². The minimum atomic E-state index is -5.11. The summed E-state index contributed by atoms with van der Waals surface area (Å²) in [5, 5.41) is 0. The molecule has 1 aromatic rings. The zero-order chi connectivity index (χ0) is 17.5. The van der Waals surface area contributed by atoms with Gasteiger partial charge in [0.25, 0.3) is 15.9 Å². The van der Waals surface area contributed by atoms with Gasteiger partial charge >= 0.3 is 0 Å². The van der Waals surface area contributed by atoms with Crippen LogP contribution in [0.2, 0.25) is 0 Å². The van der Waals surface area contributed by atoms with E-state index in [0.717, 1.165) is 6.92 Å². The zero-order valence-electron chi connectivity index (χ0n) is 11.9. The Morgan fingerprint density at radius 2 is 1.70 bits per heavy atom. The van der Waals surface area contributed by atoms with Crippen molar-refractivity contribution in [3.05, 3.63) is 28.8 Å². The first kappa shape index (κ1) is 18.1. The molecule has 1 aromatic carbocycles. The summed E-state index contributed by atoms with van der Waals surface area (Å²) < 4.78 is 81.5. The van der Waals surface area contributed by atoms with Gasteiger partial charge in [0.1, 0.15) is 0 Å². The summed E-state index contributed by atoms with van der Waals surface area (Å²) in [4.78, 5) is 10.1. The third kappa shape index (κ3) is 3.20. The molecule has 128 valence electrons. The van der Waals surface area contributed by atoms with Crippen molar-refractivity contribution in [1.29, 1.82) is 0 Å². The Morgan fingerprint density at radius 1 is 1.17 bits per heavy atom. The van der Waals surface area contributed by atoms with Gasteiger partial charge in [0.2, 0.25) is 0 Å². The van der Waals surface area contributed by atoms with Gasteiger partial charge in [0, 0.05) is 12.1 Å². The maximum Gasteiger partial charge on any atom is 0.270 e. The lowest BCUT2D eigenvalue weighted by Gasteiger charge is -2.18. The Kier molecular flexibility index (Phi) is 4.98. The SMILES string of the molecule is Cc1c(F)c(F)c(S(=O)(=O)NC(=O)[C@@H]2CCCN2P)c(F)c1F. The normalized spacial score (nSPS) is 19.1. The van der Waals surface area contributed by atoms with E-state index < -0.39 is 55.7 Å². The van der Waals surface area contributed by atoms with Crippen LogP contribution in [0.5, 0.6) is 0 Å². The van der Waals surface area contributed by atoms with E-state index in [1.54, 1.807) is 0 Å². The van der Waals surface area contributed by atoms with Gasteiger partial charge in [-0.1, -0.05) is 9.39 Å². The number of hydrogen-bond donors (Lipinski definition) is 1. The highest BCUT2D eigenvalue weighted by atomic mass is 32.2. The van der Waals surface area contributed by atoms with E-state index in [0.29, 0.717) is 19.4 Å². The summed E-state index contributed by atoms with van der Waals surface area (Å²) in [6.45, 7) is 1.27. The minimum absolute atomic E-state index is 0.340. The van der Waals surface area contributed by atoms with Gasteiger partial charge in [-0.3, -0.25) is 9.46 Å². The summed E-state index contributed by atoms with van der Waals surface area (Å²) in [5.41, 5.74) is -0.989. The summed E-state index contributed by atoms with van der Waals surface area (Å²) in [6, 6.07) is -0.832. The Bertz CT molecular complexity index is 743. The maximum absolute atomic E-state index is 13.8. The largest absolute Gasteiger partial charge is 0.275 e. The van der Waals surface area contributed by atoms with E-state index in [9.17, 15) is 30.8 Å². The topological polar surface area (TPSA) is 66.5 Å². The Balaban J connectivity index is 2.43. The second-order valence-electron chi connectivity index (χ2n) is 5.08. The van der Waals surface area contributed by atoms with E-state index in [1.807, 2.05) is 0 Å². The second kappa shape index (κ2) is 6.33. The molecular formula is C12H13F4N2O3PS. The van der Waals surface area contributed by atoms with E-state index in [-0.39, 0.29) is 0 Å². The van der Waals surface area contributed by atoms with Crippen LogP contribution >= 0.6 is 9.39 Å². The van der Waals surface area contributed by atoms with Crippen LogP contribution in [0.4, 0.5) is 17.6 Å². The van der Waals surface area contributed by atoms with Gasteiger partial charge in [0.05, 0.1) is 6.04 Å². The molecule has 1 aliphatic rings. The quantitative estimate of drug-likeness (QED) is 0.497. The predicted octanol–water partition coefficient (Wildman–Crippen LogP) is 1.61. The van der Waals surface area contributed by atoms with E-state index >= 15 is 0 Å². The molecule has 1 fully saturated rings. The average molecular weight is 372 g/mol. The Hall–Kier alpha value is -1.25. The fourth-order valence-corrected chi connectivity index (χ4v) is 3.90. The first-order chi connectivity index (χ1) is 10.6. The monoisotopic (exact) mass is 372 g/mol. The van der Waals surface area contributed by atoms with E-state index in [4.69, 9.17) is 0 Å². The van der Waals surface area contributed by atoms with Crippen LogP contribution in [0, 0.1) is 30.2 Å². The maximum atomic E-state index is 13.8. The summed E-state index contributed by atoms with van der Waals surface area (Å²) in [5.74, 6) is -8.83. The van der Waals surface area contributed by atoms with Crippen molar-refractivity contribution in [1.82, 2.24) is 9.39 Å². The molecule has 0 bridgehead atoms. The third-order valence-corrected chi connectivity index (χ3v) is 5.53. The lowest BCUT2D eigenvalue weighted by molar-refractivity contribution is -0.122. The van der Waals surface area contributed by atoms with Gasteiger partial charge in [-0.05, 0) is 19.8 Å². The molecule has 1 unspecified atom stereocenters. The Morgan fingerprint density at radius 3 is 2.13 bits per heavy atom. The molecule has 0 saturated carbocycles. The minimum Gasteiger partial charge on any atom is -0.275 e. The van der Waals surface area contributed by atoms with Gasteiger partial charge < -0.3 is 0 Å². The molecule has 2 atom stereocenters. The third-order valence-electron chi connectivity index (χ3n) is 3.54. The molecule has 0 aliphatic carbocycles. The molecule has 1 saturated heterocycles. The van der Waals surface area contributed by atoms with Crippen molar-refractivity contribution < 1.29 is 30.8 Å². The summed E-state index contributed by atoms with van der Waals surface area (Å²) in [6.07, 6.45) is 0.963. The van der Waals surface area contributed by atoms with E-state index in [1.165, 1.54) is 9.39 Å². The van der Waals surface area contributed by atoms with Gasteiger partial charge in [-0.2, -0.15) is 0 Å². The zero-order valence-corrected chi connectivity index (χ0v) is 13.8. The van der Waals surface area contributed by atoms with Crippen LogP contribution in [0.25, 0.3) is 0 Å². The highest BCUT2D eigenvalue weighted by molar-refractivity contribution is 7.90. The molecule has 1 N–H and O–H groups in total. The second-order valence-corrected chi connectivity index (χ2v) is 7.36. The molecule has 1 aliphatic heterocycles. The fourth-order valence-electron chi connectivity index (χ4n) is 2.28. The number of rotatable bonds is 3. The molecule has 5 nitrogen and oxygen atoms in total. The number of sulfonamides is 1. The highest BCUT2D eigenvalue weighted by Crippen LogP contribution is 2.27. The number of amides is 1. The number of nitrogens with one attached hydrogen (secondary N) is 1. The van der Waals surface area contributed by atoms with Crippen molar-refractivity contribution >= 4 is 25.3 Å². The average Bonchev–Trinajstić information content (AvgIpc) is 2.88. The van der Waals surface area contributed by atoms with Crippen molar-refractivity contribution in [2.24, 2.45) is 0 Å². The van der Waals surface area contributed by atoms with Crippen LogP contribution in [-0.2, 0) is 14.8 Å². The molecule has 2 rings (SSSR count). The standard InChI is InChI=1S/C12H13F4N2O3PS/c1-5-7(13)9(15)11(10(16)8(5)14)23(20,21)17-12(19)6-3-2-4-18(6)22/h6H,2-4,22H2,1H3,(H,17,19)/t6-/m0/s1. The molecule has 0 aromatic heterocycles. The predicted molar refractivity (Wildman–Crippen MR) is 75.8 cm³/mol. The van der Waals surface area contributed by atoms with Crippen LogP contribution in [0.1, 0.15) is 18.4 Å². The number of halogens is 4. The van der Waals surface area contributed by atoms with E-state index in [2.05, 4.69) is 9.39 Å². The number of nitrogens with zero attached hydrogens (tertiary/aromatic N) is 1. The molecule has 0 radical (unpaired) electrons. The van der Waals surface area contributed by atoms with Crippen LogP contribution < -0.4 is 4.72 Å². The molecule has 1 heterocycles. The molecular weight excluding hydrogens is 359 g/mol. The van der Waals surface area contributed by atoms with Gasteiger partial charge in [-0.25, -0.2) is 30.7 Å². The van der Waals surface area contributed by atoms with Crippen LogP contribution in [-0.4, -0.2) is 31.6 Å². The van der Waals surface area contributed by atoms with Gasteiger partial charge in [0.15, 0.2) is 28.2 Å². The lowest BCUT2D eigenvalue weighted by Crippen LogP contribution is -2.42. The van der Waals surface area contributed by atoms with Crippen LogP contribution in [0.3, 0.4) is 0 Å². The summed E-state index contributed by atoms with van der Waals surface area (Å²) >= 11 is 0. The van der Waals surface area contributed by atoms with Crippen molar-refractivity contribution in [3.8, 4) is 0 Å². The fraction of sp³-hybridized carbons (Fsp3) is 0.417. The van der Waals surface area contributed by atoms with Crippen LogP contribution in [0.15, 0.2) is 4.90 Å². The molecule has 11 heteroatoms. The van der Waals surface area contributed by atoms with Gasteiger partial charge in [-0.15, -0.1) is 0 Å². The number of benzene rings is 1. The van der Waals surface area contributed by atoms with Crippen molar-refractivity contribution in [2.45, 2.75) is 30.7 Å². The smallest absolute Gasteiger partial charge is 0.270 e. The highest BCUT2D eigenvalue weighted by Gasteiger charge is 2.36. The first-order valence-corrected chi connectivity index (χ1v) is 8.48. The summed E-state index contributed by atoms with van der Waals surface area (Å²) in [7, 11) is -2.88. The molecule has 0 spiro atoms. The first-order valence-electron chi connectivity index (χ1n) is 6.48. The Labute approximate surface area is 132 Å². The number of hydrogen-bond acceptors (Lipinski definition) is 4. The number of carbonyl (C=O) groups excluding carboxylic acids is 1. The van der Waals surface area contributed by atoms with Crippen molar-refractivity contribution in [2.75, 3.05) is 6.54 Å². The molecule has 1 amide bonds.